The smallest absolute Gasteiger partial charge is 0.273 e. The molecule has 0 bridgehead atoms. The normalized spacial score (nSPS) is 15.9. The second kappa shape index (κ2) is 8.18. The fourth-order valence-electron chi connectivity index (χ4n) is 3.61. The molecule has 0 saturated heterocycles. The van der Waals surface area contributed by atoms with Crippen molar-refractivity contribution < 1.29 is 14.5 Å². The molecule has 27 heavy (non-hydrogen) atoms. The van der Waals surface area contributed by atoms with Gasteiger partial charge in [-0.1, -0.05) is 24.3 Å². The topological polar surface area (TPSA) is 84.7 Å². The van der Waals surface area contributed by atoms with Gasteiger partial charge in [0.25, 0.3) is 5.69 Å². The quantitative estimate of drug-likeness (QED) is 0.622. The number of ether oxygens (including phenoxy) is 1. The van der Waals surface area contributed by atoms with Crippen LogP contribution < -0.4 is 10.1 Å². The molecule has 0 aromatic heterocycles. The van der Waals surface area contributed by atoms with Crippen LogP contribution in [0.25, 0.3) is 0 Å². The number of nitro benzene ring substituents is 1. The van der Waals surface area contributed by atoms with Crippen LogP contribution in [0.3, 0.4) is 0 Å². The van der Waals surface area contributed by atoms with Crippen LogP contribution in [0.15, 0.2) is 42.5 Å². The number of non-ortho nitro benzene ring substituents is 1. The van der Waals surface area contributed by atoms with E-state index in [1.165, 1.54) is 36.4 Å². The summed E-state index contributed by atoms with van der Waals surface area (Å²) in [5, 5.41) is 13.7. The molecule has 0 aliphatic heterocycles. The number of carbonyl (C=O) groups excluding carboxylic acids is 1. The number of nitro groups is 1. The molecular formula is C20H23N3O4. The van der Waals surface area contributed by atoms with Crippen molar-refractivity contribution in [3.63, 3.8) is 0 Å². The first-order valence-electron chi connectivity index (χ1n) is 8.90. The number of fused-ring (bicyclic) bond motifs is 1. The monoisotopic (exact) mass is 369 g/mol. The largest absolute Gasteiger partial charge is 0.494 e. The number of likely N-dealkylation sites (N-methyl/N-ethyl adjacent to an activating group) is 1. The zero-order valence-electron chi connectivity index (χ0n) is 15.5. The van der Waals surface area contributed by atoms with Gasteiger partial charge in [0.2, 0.25) is 5.91 Å². The Kier molecular flexibility index (Phi) is 5.71. The van der Waals surface area contributed by atoms with Crippen molar-refractivity contribution >= 4 is 17.3 Å². The highest BCUT2D eigenvalue weighted by Crippen LogP contribution is 2.33. The molecule has 3 rings (SSSR count). The van der Waals surface area contributed by atoms with Crippen molar-refractivity contribution in [1.82, 2.24) is 4.90 Å². The molecule has 2 aromatic carbocycles. The highest BCUT2D eigenvalue weighted by molar-refractivity contribution is 5.94. The minimum Gasteiger partial charge on any atom is -0.494 e. The standard InChI is InChI=1S/C20H23N3O4/c1-22(18-9-5-7-14-6-3-4-8-16(14)18)13-20(24)21-17-11-10-15(23(25)26)12-19(17)27-2/h3-4,6,8,10-12,18H,5,7,9,13H2,1-2H3,(H,21,24)/t18-/m1/s1. The molecule has 1 aliphatic rings. The minimum atomic E-state index is -0.498. The Labute approximate surface area is 158 Å². The Morgan fingerprint density at radius 3 is 2.85 bits per heavy atom. The highest BCUT2D eigenvalue weighted by atomic mass is 16.6. The van der Waals surface area contributed by atoms with Crippen molar-refractivity contribution in [3.05, 3.63) is 63.7 Å². The molecule has 0 spiro atoms. The fourth-order valence-corrected chi connectivity index (χ4v) is 3.61. The summed E-state index contributed by atoms with van der Waals surface area (Å²) < 4.78 is 5.17. The molecule has 0 unspecified atom stereocenters. The van der Waals surface area contributed by atoms with Gasteiger partial charge in [-0.2, -0.15) is 0 Å². The van der Waals surface area contributed by atoms with Gasteiger partial charge in [0.15, 0.2) is 0 Å². The predicted molar refractivity (Wildman–Crippen MR) is 103 cm³/mol. The summed E-state index contributed by atoms with van der Waals surface area (Å²) in [6, 6.07) is 12.7. The summed E-state index contributed by atoms with van der Waals surface area (Å²) in [5.41, 5.74) is 2.97. The third-order valence-corrected chi connectivity index (χ3v) is 4.93. The Morgan fingerprint density at radius 2 is 2.11 bits per heavy atom. The lowest BCUT2D eigenvalue weighted by atomic mass is 9.87. The molecule has 0 radical (unpaired) electrons. The van der Waals surface area contributed by atoms with Crippen LogP contribution in [0.1, 0.15) is 30.0 Å². The van der Waals surface area contributed by atoms with Crippen molar-refractivity contribution in [2.45, 2.75) is 25.3 Å². The first-order valence-corrected chi connectivity index (χ1v) is 8.90. The third kappa shape index (κ3) is 4.25. The Balaban J connectivity index is 1.69. The second-order valence-electron chi connectivity index (χ2n) is 6.71. The van der Waals surface area contributed by atoms with Crippen LogP contribution in [-0.2, 0) is 11.2 Å². The summed E-state index contributed by atoms with van der Waals surface area (Å²) in [6.07, 6.45) is 3.19. The fraction of sp³-hybridized carbons (Fsp3) is 0.350. The van der Waals surface area contributed by atoms with Gasteiger partial charge in [-0.15, -0.1) is 0 Å². The van der Waals surface area contributed by atoms with E-state index in [4.69, 9.17) is 4.74 Å². The average molecular weight is 369 g/mol. The number of rotatable bonds is 6. The highest BCUT2D eigenvalue weighted by Gasteiger charge is 2.25. The molecular weight excluding hydrogens is 346 g/mol. The lowest BCUT2D eigenvalue weighted by Gasteiger charge is -2.32. The average Bonchev–Trinajstić information content (AvgIpc) is 2.67. The number of hydrogen-bond acceptors (Lipinski definition) is 5. The van der Waals surface area contributed by atoms with Crippen LogP contribution in [0.5, 0.6) is 5.75 Å². The van der Waals surface area contributed by atoms with Crippen molar-refractivity contribution in [3.8, 4) is 5.75 Å². The molecule has 2 aromatic rings. The van der Waals surface area contributed by atoms with Gasteiger partial charge in [-0.3, -0.25) is 19.8 Å². The molecule has 1 atom stereocenters. The van der Waals surface area contributed by atoms with Gasteiger partial charge in [-0.05, 0) is 43.5 Å². The summed E-state index contributed by atoms with van der Waals surface area (Å²) in [4.78, 5) is 25.0. The van der Waals surface area contributed by atoms with E-state index in [1.807, 2.05) is 18.0 Å². The Hall–Kier alpha value is -2.93. The second-order valence-corrected chi connectivity index (χ2v) is 6.71. The van der Waals surface area contributed by atoms with E-state index >= 15 is 0 Å². The lowest BCUT2D eigenvalue weighted by molar-refractivity contribution is -0.384. The molecule has 1 amide bonds. The number of aryl methyl sites for hydroxylation is 1. The van der Waals surface area contributed by atoms with Gasteiger partial charge < -0.3 is 10.1 Å². The maximum absolute atomic E-state index is 12.5. The zero-order valence-corrected chi connectivity index (χ0v) is 15.5. The predicted octanol–water partition coefficient (Wildman–Crippen LogP) is 3.55. The van der Waals surface area contributed by atoms with Gasteiger partial charge in [0, 0.05) is 12.1 Å². The van der Waals surface area contributed by atoms with E-state index in [1.54, 1.807) is 0 Å². The summed E-state index contributed by atoms with van der Waals surface area (Å²) in [5.74, 6) is 0.0796. The van der Waals surface area contributed by atoms with Crippen LogP contribution in [-0.4, -0.2) is 36.4 Å². The first-order chi connectivity index (χ1) is 13.0. The first kappa shape index (κ1) is 18.8. The van der Waals surface area contributed by atoms with Gasteiger partial charge in [-0.25, -0.2) is 0 Å². The van der Waals surface area contributed by atoms with Crippen molar-refractivity contribution in [2.75, 3.05) is 26.0 Å². The molecule has 1 aliphatic carbocycles. The Bertz CT molecular complexity index is 853. The van der Waals surface area contributed by atoms with Gasteiger partial charge in [0.05, 0.1) is 30.3 Å². The van der Waals surface area contributed by atoms with Crippen molar-refractivity contribution in [1.29, 1.82) is 0 Å². The number of carbonyl (C=O) groups is 1. The number of hydrogen-bond donors (Lipinski definition) is 1. The van der Waals surface area contributed by atoms with Crippen LogP contribution in [0.2, 0.25) is 0 Å². The van der Waals surface area contributed by atoms with E-state index in [0.29, 0.717) is 5.69 Å². The molecule has 142 valence electrons. The number of nitrogens with zero attached hydrogens (tertiary/aromatic N) is 2. The van der Waals surface area contributed by atoms with E-state index in [9.17, 15) is 14.9 Å². The van der Waals surface area contributed by atoms with Crippen LogP contribution in [0, 0.1) is 10.1 Å². The van der Waals surface area contributed by atoms with E-state index in [-0.39, 0.29) is 29.9 Å². The van der Waals surface area contributed by atoms with E-state index in [2.05, 4.69) is 23.5 Å². The number of anilines is 1. The SMILES string of the molecule is COc1cc([N+](=O)[O-])ccc1NC(=O)CN(C)[C@@H]1CCCc2ccccc21. The minimum absolute atomic E-state index is 0.0826. The van der Waals surface area contributed by atoms with E-state index in [0.717, 1.165) is 19.3 Å². The zero-order chi connectivity index (χ0) is 19.4. The maximum atomic E-state index is 12.5. The Morgan fingerprint density at radius 1 is 1.33 bits per heavy atom. The van der Waals surface area contributed by atoms with Gasteiger partial charge >= 0.3 is 0 Å². The number of methoxy groups -OCH3 is 1. The summed E-state index contributed by atoms with van der Waals surface area (Å²) >= 11 is 0. The molecule has 0 fully saturated rings. The van der Waals surface area contributed by atoms with E-state index < -0.39 is 4.92 Å². The number of nitrogens with one attached hydrogen (secondary N) is 1. The number of benzene rings is 2. The third-order valence-electron chi connectivity index (χ3n) is 4.93. The molecule has 1 N–H and O–H groups in total. The van der Waals surface area contributed by atoms with Crippen molar-refractivity contribution in [2.24, 2.45) is 0 Å². The molecule has 7 nitrogen and oxygen atoms in total. The summed E-state index contributed by atoms with van der Waals surface area (Å²) in [7, 11) is 3.36. The maximum Gasteiger partial charge on any atom is 0.273 e. The number of amides is 1. The summed E-state index contributed by atoms with van der Waals surface area (Å²) in [6.45, 7) is 0.221. The molecule has 0 saturated carbocycles. The lowest BCUT2D eigenvalue weighted by Crippen LogP contribution is -2.35. The van der Waals surface area contributed by atoms with Crippen LogP contribution in [0.4, 0.5) is 11.4 Å². The van der Waals surface area contributed by atoms with Crippen LogP contribution >= 0.6 is 0 Å². The molecule has 0 heterocycles. The molecule has 7 heteroatoms. The van der Waals surface area contributed by atoms with Gasteiger partial charge in [0.1, 0.15) is 5.75 Å².